The smallest absolute Gasteiger partial charge is 0.264 e. The first-order valence-electron chi connectivity index (χ1n) is 7.77. The molecule has 2 heterocycles. The Balaban J connectivity index is 1.68. The maximum atomic E-state index is 12.8. The minimum atomic E-state index is 0.145. The summed E-state index contributed by atoms with van der Waals surface area (Å²) in [6, 6.07) is 2.03. The van der Waals surface area contributed by atoms with Crippen LogP contribution < -0.4 is 0 Å². The molecule has 1 saturated carbocycles. The Morgan fingerprint density at radius 3 is 2.90 bits per heavy atom. The molecule has 1 saturated heterocycles. The Morgan fingerprint density at radius 2 is 2.29 bits per heavy atom. The van der Waals surface area contributed by atoms with E-state index in [1.807, 2.05) is 23.3 Å². The van der Waals surface area contributed by atoms with Crippen molar-refractivity contribution in [1.29, 1.82) is 0 Å². The number of ether oxygens (including phenoxy) is 1. The van der Waals surface area contributed by atoms with Gasteiger partial charge in [0, 0.05) is 26.2 Å². The number of rotatable bonds is 5. The summed E-state index contributed by atoms with van der Waals surface area (Å²) < 4.78 is 5.85. The summed E-state index contributed by atoms with van der Waals surface area (Å²) in [6.07, 6.45) is 2.67. The maximum absolute atomic E-state index is 12.8. The van der Waals surface area contributed by atoms with Crippen molar-refractivity contribution in [3.05, 3.63) is 21.9 Å². The molecule has 1 aliphatic heterocycles. The Bertz CT molecular complexity index is 498. The molecule has 0 N–H and O–H groups in total. The molecule has 116 valence electrons. The quantitative estimate of drug-likeness (QED) is 0.836. The second-order valence-corrected chi connectivity index (χ2v) is 7.26. The number of likely N-dealkylation sites (N-methyl/N-ethyl adjacent to an activating group) is 1. The minimum Gasteiger partial charge on any atom is -0.374 e. The molecule has 4 nitrogen and oxygen atoms in total. The number of amides is 1. The molecule has 1 aliphatic carbocycles. The van der Waals surface area contributed by atoms with Crippen molar-refractivity contribution in [2.24, 2.45) is 5.92 Å². The van der Waals surface area contributed by atoms with Crippen LogP contribution in [0.1, 0.15) is 28.1 Å². The van der Waals surface area contributed by atoms with E-state index in [9.17, 15) is 4.79 Å². The van der Waals surface area contributed by atoms with E-state index in [0.29, 0.717) is 5.92 Å². The van der Waals surface area contributed by atoms with Crippen molar-refractivity contribution in [3.63, 3.8) is 0 Å². The molecule has 2 aliphatic rings. The normalized spacial score (nSPS) is 23.2. The van der Waals surface area contributed by atoms with Gasteiger partial charge in [0.15, 0.2) is 0 Å². The summed E-state index contributed by atoms with van der Waals surface area (Å²) in [5.41, 5.74) is 1.09. The molecule has 0 bridgehead atoms. The van der Waals surface area contributed by atoms with E-state index in [1.54, 1.807) is 11.3 Å². The molecule has 0 unspecified atom stereocenters. The van der Waals surface area contributed by atoms with Crippen LogP contribution in [0.4, 0.5) is 0 Å². The largest absolute Gasteiger partial charge is 0.374 e. The zero-order valence-corrected chi connectivity index (χ0v) is 13.7. The first-order chi connectivity index (χ1) is 10.1. The molecule has 1 aromatic rings. The molecule has 0 spiro atoms. The molecule has 5 heteroatoms. The van der Waals surface area contributed by atoms with Crippen LogP contribution in [0.15, 0.2) is 11.4 Å². The van der Waals surface area contributed by atoms with Crippen molar-refractivity contribution in [1.82, 2.24) is 9.80 Å². The lowest BCUT2D eigenvalue weighted by Crippen LogP contribution is -2.48. The monoisotopic (exact) mass is 308 g/mol. The van der Waals surface area contributed by atoms with Gasteiger partial charge in [-0.05, 0) is 49.7 Å². The van der Waals surface area contributed by atoms with Crippen LogP contribution in [-0.2, 0) is 4.74 Å². The molecular formula is C16H24N2O2S. The Hall–Kier alpha value is -0.910. The highest BCUT2D eigenvalue weighted by Gasteiger charge is 2.31. The van der Waals surface area contributed by atoms with E-state index in [2.05, 4.69) is 11.9 Å². The first kappa shape index (κ1) is 15.0. The summed E-state index contributed by atoms with van der Waals surface area (Å²) in [7, 11) is 2.12. The second-order valence-electron chi connectivity index (χ2n) is 6.34. The van der Waals surface area contributed by atoms with Gasteiger partial charge in [-0.3, -0.25) is 4.79 Å². The number of carbonyl (C=O) groups is 1. The highest BCUT2D eigenvalue weighted by molar-refractivity contribution is 7.12. The van der Waals surface area contributed by atoms with Crippen molar-refractivity contribution in [2.75, 3.05) is 39.8 Å². The lowest BCUT2D eigenvalue weighted by atomic mass is 10.2. The Kier molecular flexibility index (Phi) is 4.62. The predicted octanol–water partition coefficient (Wildman–Crippen LogP) is 2.24. The highest BCUT2D eigenvalue weighted by atomic mass is 32.1. The van der Waals surface area contributed by atoms with Gasteiger partial charge in [0.1, 0.15) is 0 Å². The van der Waals surface area contributed by atoms with E-state index >= 15 is 0 Å². The van der Waals surface area contributed by atoms with Crippen LogP contribution >= 0.6 is 11.3 Å². The number of hydrogen-bond acceptors (Lipinski definition) is 4. The van der Waals surface area contributed by atoms with Gasteiger partial charge in [-0.25, -0.2) is 0 Å². The van der Waals surface area contributed by atoms with Gasteiger partial charge in [0.2, 0.25) is 0 Å². The summed E-state index contributed by atoms with van der Waals surface area (Å²) in [5, 5.41) is 2.00. The van der Waals surface area contributed by atoms with Gasteiger partial charge in [-0.2, -0.15) is 0 Å². The average molecular weight is 308 g/mol. The predicted molar refractivity (Wildman–Crippen MR) is 84.9 cm³/mol. The third kappa shape index (κ3) is 3.84. The van der Waals surface area contributed by atoms with Crippen LogP contribution in [-0.4, -0.2) is 61.6 Å². The molecular weight excluding hydrogens is 284 g/mol. The molecule has 21 heavy (non-hydrogen) atoms. The van der Waals surface area contributed by atoms with Crippen molar-refractivity contribution in [2.45, 2.75) is 25.9 Å². The SMILES string of the molecule is Cc1ccsc1C(=O)N(CC1CC1)C[C@H]1CN(C)CCO1. The van der Waals surface area contributed by atoms with Crippen LogP contribution in [0.3, 0.4) is 0 Å². The Morgan fingerprint density at radius 1 is 1.48 bits per heavy atom. The topological polar surface area (TPSA) is 32.8 Å². The standard InChI is InChI=1S/C16H24N2O2S/c1-12-5-8-21-15(12)16(19)18(9-13-3-4-13)11-14-10-17(2)6-7-20-14/h5,8,13-14H,3-4,6-7,9-11H2,1-2H3/t14-/m1/s1. The van der Waals surface area contributed by atoms with Crippen molar-refractivity contribution in [3.8, 4) is 0 Å². The van der Waals surface area contributed by atoms with Crippen molar-refractivity contribution >= 4 is 17.2 Å². The first-order valence-corrected chi connectivity index (χ1v) is 8.65. The van der Waals surface area contributed by atoms with E-state index in [0.717, 1.165) is 43.2 Å². The molecule has 1 atom stereocenters. The van der Waals surface area contributed by atoms with Crippen molar-refractivity contribution < 1.29 is 9.53 Å². The minimum absolute atomic E-state index is 0.145. The van der Waals surface area contributed by atoms with Gasteiger partial charge < -0.3 is 14.5 Å². The fourth-order valence-corrected chi connectivity index (χ4v) is 3.70. The van der Waals surface area contributed by atoms with Gasteiger partial charge in [-0.1, -0.05) is 0 Å². The number of morpholine rings is 1. The molecule has 0 radical (unpaired) electrons. The van der Waals surface area contributed by atoms with Gasteiger partial charge in [0.25, 0.3) is 5.91 Å². The van der Waals surface area contributed by atoms with Crippen LogP contribution in [0.25, 0.3) is 0 Å². The van der Waals surface area contributed by atoms with E-state index in [-0.39, 0.29) is 12.0 Å². The lowest BCUT2D eigenvalue weighted by molar-refractivity contribution is -0.0331. The lowest BCUT2D eigenvalue weighted by Gasteiger charge is -2.34. The molecule has 1 aromatic heterocycles. The van der Waals surface area contributed by atoms with Gasteiger partial charge in [-0.15, -0.1) is 11.3 Å². The number of nitrogens with zero attached hydrogens (tertiary/aromatic N) is 2. The zero-order valence-electron chi connectivity index (χ0n) is 12.9. The fraction of sp³-hybridized carbons (Fsp3) is 0.688. The molecule has 1 amide bonds. The zero-order chi connectivity index (χ0) is 14.8. The number of hydrogen-bond donors (Lipinski definition) is 0. The summed E-state index contributed by atoms with van der Waals surface area (Å²) in [5.74, 6) is 0.891. The molecule has 3 rings (SSSR count). The van der Waals surface area contributed by atoms with Crippen LogP contribution in [0.2, 0.25) is 0 Å². The average Bonchev–Trinajstić information content (AvgIpc) is 3.17. The van der Waals surface area contributed by atoms with Gasteiger partial charge in [0.05, 0.1) is 17.6 Å². The second kappa shape index (κ2) is 6.46. The van der Waals surface area contributed by atoms with Gasteiger partial charge >= 0.3 is 0 Å². The third-order valence-corrected chi connectivity index (χ3v) is 5.29. The van der Waals surface area contributed by atoms with E-state index in [4.69, 9.17) is 4.74 Å². The Labute approximate surface area is 130 Å². The van der Waals surface area contributed by atoms with Crippen LogP contribution in [0, 0.1) is 12.8 Å². The number of thiophene rings is 1. The van der Waals surface area contributed by atoms with E-state index in [1.165, 1.54) is 12.8 Å². The summed E-state index contributed by atoms with van der Waals surface area (Å²) in [4.78, 5) is 18.0. The number of aryl methyl sites for hydroxylation is 1. The highest BCUT2D eigenvalue weighted by Crippen LogP contribution is 2.31. The summed E-state index contributed by atoms with van der Waals surface area (Å²) >= 11 is 1.55. The molecule has 0 aromatic carbocycles. The maximum Gasteiger partial charge on any atom is 0.264 e. The van der Waals surface area contributed by atoms with E-state index < -0.39 is 0 Å². The van der Waals surface area contributed by atoms with Crippen LogP contribution in [0.5, 0.6) is 0 Å². The number of carbonyl (C=O) groups excluding carboxylic acids is 1. The molecule has 2 fully saturated rings. The third-order valence-electron chi connectivity index (χ3n) is 4.28. The summed E-state index contributed by atoms with van der Waals surface area (Å²) in [6.45, 7) is 6.29. The fourth-order valence-electron chi connectivity index (χ4n) is 2.81.